The lowest BCUT2D eigenvalue weighted by molar-refractivity contribution is -0.0944. The molecule has 2 heterocycles. The molecular formula is C37H37N3O7. The van der Waals surface area contributed by atoms with Gasteiger partial charge < -0.3 is 24.1 Å². The normalized spacial score (nSPS) is 17.7. The molecule has 0 bridgehead atoms. The Morgan fingerprint density at radius 1 is 0.830 bits per heavy atom. The van der Waals surface area contributed by atoms with Crippen LogP contribution >= 0.6 is 0 Å². The molecule has 0 saturated carbocycles. The summed E-state index contributed by atoms with van der Waals surface area (Å²) in [6.45, 7) is 0.336. The molecule has 3 atom stereocenters. The van der Waals surface area contributed by atoms with Gasteiger partial charge in [-0.1, -0.05) is 84.9 Å². The van der Waals surface area contributed by atoms with E-state index in [4.69, 9.17) is 23.8 Å². The zero-order chi connectivity index (χ0) is 32.6. The lowest BCUT2D eigenvalue weighted by atomic mass is 9.80. The van der Waals surface area contributed by atoms with Gasteiger partial charge in [0.15, 0.2) is 5.82 Å². The minimum absolute atomic E-state index is 0.0275. The van der Waals surface area contributed by atoms with Crippen LogP contribution in [0.1, 0.15) is 34.9 Å². The lowest BCUT2D eigenvalue weighted by Crippen LogP contribution is -2.38. The first-order chi connectivity index (χ1) is 23.0. The van der Waals surface area contributed by atoms with E-state index < -0.39 is 29.7 Å². The average molecular weight is 636 g/mol. The molecule has 0 unspecified atom stereocenters. The number of benzene rings is 4. The van der Waals surface area contributed by atoms with Crippen molar-refractivity contribution in [3.05, 3.63) is 154 Å². The second-order valence-corrected chi connectivity index (χ2v) is 11.1. The van der Waals surface area contributed by atoms with Crippen molar-refractivity contribution in [1.29, 1.82) is 0 Å². The Morgan fingerprint density at radius 2 is 1.40 bits per heavy atom. The van der Waals surface area contributed by atoms with Crippen molar-refractivity contribution in [2.75, 3.05) is 26.3 Å². The van der Waals surface area contributed by atoms with Gasteiger partial charge in [0, 0.05) is 12.6 Å². The molecule has 0 radical (unpaired) electrons. The zero-order valence-electron chi connectivity index (χ0n) is 26.2. The van der Waals surface area contributed by atoms with Crippen LogP contribution in [-0.2, 0) is 26.5 Å². The third-order valence-corrected chi connectivity index (χ3v) is 8.24. The number of aliphatic hydroxyl groups excluding tert-OH is 1. The molecule has 1 aromatic heterocycles. The Morgan fingerprint density at radius 3 is 1.98 bits per heavy atom. The number of ether oxygens (including phenoxy) is 4. The molecule has 1 aliphatic rings. The predicted octanol–water partition coefficient (Wildman–Crippen LogP) is 5.46. The first kappa shape index (κ1) is 32.0. The molecule has 0 amide bonds. The van der Waals surface area contributed by atoms with Gasteiger partial charge in [-0.3, -0.25) is 9.40 Å². The number of aliphatic hydroxyl groups is 1. The summed E-state index contributed by atoms with van der Waals surface area (Å²) in [5.74, 6) is 1.70. The number of nitrogens with one attached hydrogen (secondary N) is 1. The van der Waals surface area contributed by atoms with Gasteiger partial charge in [-0.05, 0) is 52.6 Å². The number of anilines is 1. The molecule has 1 aliphatic heterocycles. The van der Waals surface area contributed by atoms with E-state index in [0.29, 0.717) is 18.1 Å². The van der Waals surface area contributed by atoms with Gasteiger partial charge in [0.2, 0.25) is 0 Å². The quantitative estimate of drug-likeness (QED) is 0.129. The van der Waals surface area contributed by atoms with Crippen molar-refractivity contribution >= 4 is 5.82 Å². The number of methoxy groups -OCH3 is 2. The number of hydrogen-bond donors (Lipinski definition) is 2. The maximum atomic E-state index is 13.0. The predicted molar refractivity (Wildman–Crippen MR) is 176 cm³/mol. The maximum Gasteiger partial charge on any atom is 0.351 e. The van der Waals surface area contributed by atoms with Crippen LogP contribution in [0.15, 0.2) is 126 Å². The molecular weight excluding hydrogens is 598 g/mol. The van der Waals surface area contributed by atoms with Crippen molar-refractivity contribution in [3.63, 3.8) is 0 Å². The Hall–Kier alpha value is -5.00. The van der Waals surface area contributed by atoms with Crippen LogP contribution in [-0.4, -0.2) is 47.7 Å². The summed E-state index contributed by atoms with van der Waals surface area (Å²) in [5.41, 5.74) is 4.68. The smallest absolute Gasteiger partial charge is 0.351 e. The van der Waals surface area contributed by atoms with Crippen molar-refractivity contribution in [2.24, 2.45) is 0 Å². The summed E-state index contributed by atoms with van der Waals surface area (Å²) in [6, 6.07) is 36.6. The molecule has 5 aromatic rings. The van der Waals surface area contributed by atoms with Gasteiger partial charge in [0.25, 0.3) is 0 Å². The summed E-state index contributed by atoms with van der Waals surface area (Å²) < 4.78 is 25.4. The van der Waals surface area contributed by atoms with E-state index in [-0.39, 0.29) is 18.8 Å². The lowest BCUT2D eigenvalue weighted by Gasteiger charge is -2.37. The highest BCUT2D eigenvalue weighted by Crippen LogP contribution is 2.42. The standard InChI is InChI=1S/C37H37N3O7/c1-43-30-17-13-28(14-18-30)37(27-11-7-4-8-12-27,29-15-19-31(44-2)20-16-29)45-25-33-32(41)23-35(47-33)40-22-21-34(38-36(40)42)39-46-24-26-9-5-3-6-10-26/h3-22,32-33,35,41H,23-25H2,1-2H3,(H,38,39,42)/t32-,33+,35+/m1/s1. The fourth-order valence-corrected chi connectivity index (χ4v) is 5.77. The highest BCUT2D eigenvalue weighted by atomic mass is 16.6. The van der Waals surface area contributed by atoms with Crippen molar-refractivity contribution in [1.82, 2.24) is 9.55 Å². The number of hydrogen-bond acceptors (Lipinski definition) is 9. The van der Waals surface area contributed by atoms with Crippen LogP contribution in [0.25, 0.3) is 0 Å². The van der Waals surface area contributed by atoms with E-state index in [1.165, 1.54) is 4.57 Å². The number of nitrogens with zero attached hydrogens (tertiary/aromatic N) is 2. The Labute approximate surface area is 273 Å². The van der Waals surface area contributed by atoms with Gasteiger partial charge in [-0.2, -0.15) is 4.98 Å². The van der Waals surface area contributed by atoms with Gasteiger partial charge in [0.1, 0.15) is 29.4 Å². The Bertz CT molecular complexity index is 1730. The van der Waals surface area contributed by atoms with Crippen molar-refractivity contribution in [3.8, 4) is 11.5 Å². The minimum atomic E-state index is -1.08. The van der Waals surface area contributed by atoms with Gasteiger partial charge in [-0.15, -0.1) is 0 Å². The van der Waals surface area contributed by atoms with Gasteiger partial charge in [-0.25, -0.2) is 10.3 Å². The molecule has 4 aromatic carbocycles. The van der Waals surface area contributed by atoms with E-state index >= 15 is 0 Å². The first-order valence-corrected chi connectivity index (χ1v) is 15.3. The van der Waals surface area contributed by atoms with Crippen LogP contribution in [0.4, 0.5) is 5.82 Å². The molecule has 0 aliphatic carbocycles. The van der Waals surface area contributed by atoms with E-state index in [0.717, 1.165) is 22.3 Å². The number of rotatable bonds is 13. The Kier molecular flexibility index (Phi) is 9.94. The molecule has 10 heteroatoms. The highest BCUT2D eigenvalue weighted by molar-refractivity contribution is 5.49. The molecule has 10 nitrogen and oxygen atoms in total. The van der Waals surface area contributed by atoms with E-state index in [1.807, 2.05) is 109 Å². The fourth-order valence-electron chi connectivity index (χ4n) is 5.77. The molecule has 6 rings (SSSR count). The van der Waals surface area contributed by atoms with Crippen LogP contribution in [0.5, 0.6) is 11.5 Å². The topological polar surface area (TPSA) is 113 Å². The van der Waals surface area contributed by atoms with E-state index in [1.54, 1.807) is 26.5 Å². The molecule has 1 fully saturated rings. The molecule has 47 heavy (non-hydrogen) atoms. The largest absolute Gasteiger partial charge is 0.497 e. The highest BCUT2D eigenvalue weighted by Gasteiger charge is 2.42. The van der Waals surface area contributed by atoms with Crippen LogP contribution in [0.2, 0.25) is 0 Å². The third-order valence-electron chi connectivity index (χ3n) is 8.24. The van der Waals surface area contributed by atoms with Crippen LogP contribution < -0.4 is 20.6 Å². The summed E-state index contributed by atoms with van der Waals surface area (Å²) in [6.07, 6.45) is -0.577. The zero-order valence-corrected chi connectivity index (χ0v) is 26.2. The van der Waals surface area contributed by atoms with Gasteiger partial charge >= 0.3 is 5.69 Å². The van der Waals surface area contributed by atoms with E-state index in [2.05, 4.69) is 10.5 Å². The Balaban J connectivity index is 1.23. The average Bonchev–Trinajstić information content (AvgIpc) is 3.49. The molecule has 2 N–H and O–H groups in total. The van der Waals surface area contributed by atoms with Crippen LogP contribution in [0.3, 0.4) is 0 Å². The summed E-state index contributed by atoms with van der Waals surface area (Å²) in [7, 11) is 3.25. The maximum absolute atomic E-state index is 13.0. The monoisotopic (exact) mass is 635 g/mol. The SMILES string of the molecule is COc1ccc(C(OC[C@@H]2O[C@H](n3ccc(NOCc4ccccc4)nc3=O)C[C@H]2O)(c2ccccc2)c2ccc(OC)cc2)cc1. The van der Waals surface area contributed by atoms with Crippen molar-refractivity contribution < 1.29 is 28.9 Å². The van der Waals surface area contributed by atoms with Crippen molar-refractivity contribution in [2.45, 2.75) is 37.1 Å². The first-order valence-electron chi connectivity index (χ1n) is 15.3. The second-order valence-electron chi connectivity index (χ2n) is 11.1. The third kappa shape index (κ3) is 7.06. The molecule has 1 saturated heterocycles. The summed E-state index contributed by atoms with van der Waals surface area (Å²) >= 11 is 0. The fraction of sp³-hybridized carbons (Fsp3) is 0.243. The molecule has 0 spiro atoms. The summed E-state index contributed by atoms with van der Waals surface area (Å²) in [4.78, 5) is 22.6. The second kappa shape index (κ2) is 14.6. The van der Waals surface area contributed by atoms with Gasteiger partial charge in [0.05, 0.1) is 33.5 Å². The van der Waals surface area contributed by atoms with E-state index in [9.17, 15) is 9.90 Å². The summed E-state index contributed by atoms with van der Waals surface area (Å²) in [5, 5.41) is 11.1. The minimum Gasteiger partial charge on any atom is -0.497 e. The molecule has 242 valence electrons. The number of aromatic nitrogens is 2. The van der Waals surface area contributed by atoms with Crippen LogP contribution in [0, 0.1) is 0 Å².